The van der Waals surface area contributed by atoms with Crippen molar-refractivity contribution in [3.8, 4) is 0 Å². The number of hydrogen-bond donors (Lipinski definition) is 1. The van der Waals surface area contributed by atoms with Crippen molar-refractivity contribution in [1.82, 2.24) is 9.80 Å². The van der Waals surface area contributed by atoms with Crippen molar-refractivity contribution in [2.75, 3.05) is 38.6 Å². The fourth-order valence-electron chi connectivity index (χ4n) is 2.88. The van der Waals surface area contributed by atoms with Gasteiger partial charge in [0.25, 0.3) is 0 Å². The molecule has 1 saturated heterocycles. The number of nitrogens with one attached hydrogen (secondary N) is 1. The van der Waals surface area contributed by atoms with Crippen LogP contribution in [0, 0.1) is 0 Å². The zero-order chi connectivity index (χ0) is 18.4. The van der Waals surface area contributed by atoms with Gasteiger partial charge in [0.05, 0.1) is 26.3 Å². The molecule has 0 bridgehead atoms. The third kappa shape index (κ3) is 5.06. The summed E-state index contributed by atoms with van der Waals surface area (Å²) in [6, 6.07) is 11.6. The first-order valence-corrected chi connectivity index (χ1v) is 9.01. The molecule has 0 aliphatic carbocycles. The van der Waals surface area contributed by atoms with E-state index in [2.05, 4.69) is 19.9 Å². The zero-order valence-corrected chi connectivity index (χ0v) is 15.6. The van der Waals surface area contributed by atoms with Crippen LogP contribution in [0.15, 0.2) is 47.1 Å². The average Bonchev–Trinajstić information content (AvgIpc) is 3.17. The molecule has 1 fully saturated rings. The largest absolute Gasteiger partial charge is 0.469 e. The number of furan rings is 1. The Morgan fingerprint density at radius 3 is 2.54 bits per heavy atom. The maximum absolute atomic E-state index is 11.3. The summed E-state index contributed by atoms with van der Waals surface area (Å²) < 4.78 is 10.1. The molecule has 0 radical (unpaired) electrons. The van der Waals surface area contributed by atoms with Crippen molar-refractivity contribution >= 4 is 29.0 Å². The summed E-state index contributed by atoms with van der Waals surface area (Å²) in [7, 11) is 1.39. The van der Waals surface area contributed by atoms with E-state index in [-0.39, 0.29) is 12.4 Å². The highest BCUT2D eigenvalue weighted by molar-refractivity contribution is 7.80. The molecule has 1 aliphatic rings. The summed E-state index contributed by atoms with van der Waals surface area (Å²) in [5.74, 6) is 0.750. The molecular formula is C19H23N3O3S. The number of carbonyl (C=O) groups is 1. The van der Waals surface area contributed by atoms with Crippen molar-refractivity contribution in [2.24, 2.45) is 0 Å². The molecule has 7 heteroatoms. The first-order valence-electron chi connectivity index (χ1n) is 8.60. The number of hydrogen-bond acceptors (Lipinski definition) is 5. The molecule has 26 heavy (non-hydrogen) atoms. The van der Waals surface area contributed by atoms with E-state index in [0.717, 1.165) is 54.8 Å². The molecule has 3 rings (SSSR count). The highest BCUT2D eigenvalue weighted by atomic mass is 32.1. The lowest BCUT2D eigenvalue weighted by molar-refractivity contribution is -0.139. The van der Waals surface area contributed by atoms with E-state index in [9.17, 15) is 4.79 Å². The van der Waals surface area contributed by atoms with Crippen LogP contribution in [0.4, 0.5) is 5.69 Å². The monoisotopic (exact) mass is 373 g/mol. The van der Waals surface area contributed by atoms with Gasteiger partial charge in [-0.15, -0.1) is 0 Å². The molecule has 1 aromatic carbocycles. The van der Waals surface area contributed by atoms with Crippen LogP contribution in [0.1, 0.15) is 11.3 Å². The predicted molar refractivity (Wildman–Crippen MR) is 104 cm³/mol. The van der Waals surface area contributed by atoms with Gasteiger partial charge >= 0.3 is 5.97 Å². The van der Waals surface area contributed by atoms with Gasteiger partial charge < -0.3 is 19.4 Å². The van der Waals surface area contributed by atoms with Gasteiger partial charge in [-0.1, -0.05) is 12.1 Å². The molecule has 1 N–H and O–H groups in total. The molecule has 1 aromatic heterocycles. The summed E-state index contributed by atoms with van der Waals surface area (Å²) in [5.41, 5.74) is 1.83. The summed E-state index contributed by atoms with van der Waals surface area (Å²) in [5, 5.41) is 4.00. The minimum Gasteiger partial charge on any atom is -0.469 e. The number of methoxy groups -OCH3 is 1. The number of carbonyl (C=O) groups excluding carboxylic acids is 1. The van der Waals surface area contributed by atoms with E-state index >= 15 is 0 Å². The van der Waals surface area contributed by atoms with Crippen molar-refractivity contribution in [3.05, 3.63) is 54.0 Å². The van der Waals surface area contributed by atoms with E-state index in [1.54, 1.807) is 6.26 Å². The Morgan fingerprint density at radius 2 is 1.92 bits per heavy atom. The topological polar surface area (TPSA) is 58.0 Å². The lowest BCUT2D eigenvalue weighted by Crippen LogP contribution is -2.49. The van der Waals surface area contributed by atoms with Gasteiger partial charge in [-0.3, -0.25) is 9.69 Å². The molecule has 0 amide bonds. The normalized spacial score (nSPS) is 14.9. The first-order chi connectivity index (χ1) is 12.6. The molecule has 0 unspecified atom stereocenters. The SMILES string of the molecule is COC(=O)Cc1ccc(NC(=S)N2CCN(Cc3ccco3)CC2)cc1. The van der Waals surface area contributed by atoms with E-state index in [1.165, 1.54) is 7.11 Å². The minimum absolute atomic E-state index is 0.242. The van der Waals surface area contributed by atoms with Crippen LogP contribution in [0.5, 0.6) is 0 Å². The molecular weight excluding hydrogens is 350 g/mol. The Labute approximate surface area is 158 Å². The van der Waals surface area contributed by atoms with Crippen LogP contribution in [0.2, 0.25) is 0 Å². The third-order valence-corrected chi connectivity index (χ3v) is 4.76. The van der Waals surface area contributed by atoms with Gasteiger partial charge in [-0.05, 0) is 42.0 Å². The summed E-state index contributed by atoms with van der Waals surface area (Å²) >= 11 is 5.54. The quantitative estimate of drug-likeness (QED) is 0.638. The van der Waals surface area contributed by atoms with Gasteiger partial charge in [0.2, 0.25) is 0 Å². The van der Waals surface area contributed by atoms with Gasteiger partial charge in [0.15, 0.2) is 5.11 Å². The first kappa shape index (κ1) is 18.4. The molecule has 0 saturated carbocycles. The van der Waals surface area contributed by atoms with Crippen molar-refractivity contribution in [1.29, 1.82) is 0 Å². The number of ether oxygens (including phenoxy) is 1. The van der Waals surface area contributed by atoms with Crippen molar-refractivity contribution in [3.63, 3.8) is 0 Å². The van der Waals surface area contributed by atoms with Crippen molar-refractivity contribution in [2.45, 2.75) is 13.0 Å². The lowest BCUT2D eigenvalue weighted by Gasteiger charge is -2.35. The van der Waals surface area contributed by atoms with Crippen LogP contribution in [-0.2, 0) is 22.5 Å². The molecule has 2 heterocycles. The molecule has 2 aromatic rings. The van der Waals surface area contributed by atoms with Crippen molar-refractivity contribution < 1.29 is 13.9 Å². The van der Waals surface area contributed by atoms with E-state index in [4.69, 9.17) is 16.6 Å². The zero-order valence-electron chi connectivity index (χ0n) is 14.8. The van der Waals surface area contributed by atoms with Crippen LogP contribution in [0.3, 0.4) is 0 Å². The average molecular weight is 373 g/mol. The van der Waals surface area contributed by atoms with E-state index < -0.39 is 0 Å². The number of benzene rings is 1. The number of rotatable bonds is 5. The number of anilines is 1. The highest BCUT2D eigenvalue weighted by Gasteiger charge is 2.19. The Morgan fingerprint density at radius 1 is 1.19 bits per heavy atom. The Kier molecular flexibility index (Phi) is 6.25. The number of piperazine rings is 1. The van der Waals surface area contributed by atoms with Gasteiger partial charge in [-0.25, -0.2) is 0 Å². The predicted octanol–water partition coefficient (Wildman–Crippen LogP) is 2.51. The number of esters is 1. The van der Waals surface area contributed by atoms with E-state index in [0.29, 0.717) is 0 Å². The summed E-state index contributed by atoms with van der Waals surface area (Å²) in [6.07, 6.45) is 1.99. The maximum atomic E-state index is 11.3. The number of thiocarbonyl (C=S) groups is 1. The summed E-state index contributed by atoms with van der Waals surface area (Å²) in [6.45, 7) is 4.49. The van der Waals surface area contributed by atoms with Gasteiger partial charge in [0.1, 0.15) is 5.76 Å². The second-order valence-electron chi connectivity index (χ2n) is 6.22. The fourth-order valence-corrected chi connectivity index (χ4v) is 3.18. The van der Waals surface area contributed by atoms with Gasteiger partial charge in [0, 0.05) is 31.9 Å². The van der Waals surface area contributed by atoms with Crippen LogP contribution >= 0.6 is 12.2 Å². The fraction of sp³-hybridized carbons (Fsp3) is 0.368. The second-order valence-corrected chi connectivity index (χ2v) is 6.61. The molecule has 6 nitrogen and oxygen atoms in total. The van der Waals surface area contributed by atoms with E-state index in [1.807, 2.05) is 36.4 Å². The molecule has 1 aliphatic heterocycles. The maximum Gasteiger partial charge on any atom is 0.309 e. The Hall–Kier alpha value is -2.38. The number of nitrogens with zero attached hydrogens (tertiary/aromatic N) is 2. The minimum atomic E-state index is -0.242. The smallest absolute Gasteiger partial charge is 0.309 e. The Balaban J connectivity index is 1.46. The highest BCUT2D eigenvalue weighted by Crippen LogP contribution is 2.13. The summed E-state index contributed by atoms with van der Waals surface area (Å²) in [4.78, 5) is 15.8. The van der Waals surface area contributed by atoms with Crippen LogP contribution < -0.4 is 5.32 Å². The Bertz CT molecular complexity index is 723. The second kappa shape index (κ2) is 8.82. The standard InChI is InChI=1S/C19H23N3O3S/c1-24-18(23)13-15-4-6-16(7-5-15)20-19(26)22-10-8-21(9-11-22)14-17-3-2-12-25-17/h2-7,12H,8-11,13-14H2,1H3,(H,20,26). The van der Waals surface area contributed by atoms with Crippen LogP contribution in [-0.4, -0.2) is 54.2 Å². The van der Waals surface area contributed by atoms with Gasteiger partial charge in [-0.2, -0.15) is 0 Å². The third-order valence-electron chi connectivity index (χ3n) is 4.40. The van der Waals surface area contributed by atoms with Crippen LogP contribution in [0.25, 0.3) is 0 Å². The molecule has 0 spiro atoms. The molecule has 0 atom stereocenters. The lowest BCUT2D eigenvalue weighted by atomic mass is 10.1. The molecule has 138 valence electrons.